The Labute approximate surface area is 134 Å². The normalized spacial score (nSPS) is 10.9. The molecule has 0 aliphatic heterocycles. The maximum absolute atomic E-state index is 11.8. The highest BCUT2D eigenvalue weighted by atomic mass is 16.6. The van der Waals surface area contributed by atoms with E-state index in [-0.39, 0.29) is 19.0 Å². The van der Waals surface area contributed by atoms with Crippen molar-refractivity contribution in [1.29, 1.82) is 0 Å². The molecular weight excluding hydrogens is 306 g/mol. The number of rotatable bonds is 9. The van der Waals surface area contributed by atoms with Crippen LogP contribution < -0.4 is 25.3 Å². The standard InChI is InChI=1S/C14H21N3O6/c1-19-7-12(15)17-23-8-13(18)16-9-5-10(20-2)14(22-4)11(6-9)21-3/h5-6H,7-8H2,1-4H3,(H2,15,17)(H,16,18). The van der Waals surface area contributed by atoms with E-state index in [1.54, 1.807) is 12.1 Å². The highest BCUT2D eigenvalue weighted by Gasteiger charge is 2.14. The number of nitrogens with two attached hydrogens (primary N) is 1. The van der Waals surface area contributed by atoms with Gasteiger partial charge in [0.15, 0.2) is 23.9 Å². The Morgan fingerprint density at radius 3 is 2.17 bits per heavy atom. The van der Waals surface area contributed by atoms with Crippen LogP contribution in [0.1, 0.15) is 0 Å². The Morgan fingerprint density at radius 1 is 1.09 bits per heavy atom. The first kappa shape index (κ1) is 18.4. The molecule has 0 spiro atoms. The number of hydrogen-bond acceptors (Lipinski definition) is 7. The largest absolute Gasteiger partial charge is 0.493 e. The molecule has 0 saturated carbocycles. The molecule has 0 aromatic heterocycles. The molecule has 0 atom stereocenters. The Hall–Kier alpha value is -2.68. The summed E-state index contributed by atoms with van der Waals surface area (Å²) < 4.78 is 20.4. The van der Waals surface area contributed by atoms with Gasteiger partial charge in [-0.25, -0.2) is 0 Å². The van der Waals surface area contributed by atoms with Crippen molar-refractivity contribution in [2.24, 2.45) is 10.9 Å². The van der Waals surface area contributed by atoms with Gasteiger partial charge in [0.05, 0.1) is 21.3 Å². The number of anilines is 1. The minimum Gasteiger partial charge on any atom is -0.493 e. The number of methoxy groups -OCH3 is 4. The second-order valence-corrected chi connectivity index (χ2v) is 4.25. The molecule has 1 amide bonds. The number of amidine groups is 1. The van der Waals surface area contributed by atoms with Gasteiger partial charge in [0.25, 0.3) is 5.91 Å². The van der Waals surface area contributed by atoms with Crippen LogP contribution in [0.25, 0.3) is 0 Å². The molecule has 23 heavy (non-hydrogen) atoms. The number of oxime groups is 1. The lowest BCUT2D eigenvalue weighted by Gasteiger charge is -2.14. The summed E-state index contributed by atoms with van der Waals surface area (Å²) in [6, 6.07) is 3.20. The first-order chi connectivity index (χ1) is 11.0. The van der Waals surface area contributed by atoms with Gasteiger partial charge in [-0.2, -0.15) is 0 Å². The lowest BCUT2D eigenvalue weighted by molar-refractivity contribution is -0.120. The number of carbonyl (C=O) groups is 1. The smallest absolute Gasteiger partial charge is 0.265 e. The lowest BCUT2D eigenvalue weighted by Crippen LogP contribution is -2.21. The fraction of sp³-hybridized carbons (Fsp3) is 0.429. The van der Waals surface area contributed by atoms with Gasteiger partial charge in [-0.05, 0) is 0 Å². The van der Waals surface area contributed by atoms with Crippen LogP contribution in [0.5, 0.6) is 17.2 Å². The summed E-state index contributed by atoms with van der Waals surface area (Å²) >= 11 is 0. The average Bonchev–Trinajstić information content (AvgIpc) is 2.54. The van der Waals surface area contributed by atoms with Gasteiger partial charge in [-0.3, -0.25) is 4.79 Å². The molecule has 9 heteroatoms. The molecule has 0 unspecified atom stereocenters. The number of benzene rings is 1. The second kappa shape index (κ2) is 9.36. The van der Waals surface area contributed by atoms with Crippen LogP contribution in [-0.2, 0) is 14.4 Å². The van der Waals surface area contributed by atoms with E-state index >= 15 is 0 Å². The molecule has 0 fully saturated rings. The summed E-state index contributed by atoms with van der Waals surface area (Å²) in [5, 5.41) is 6.16. The van der Waals surface area contributed by atoms with E-state index in [4.69, 9.17) is 29.5 Å². The molecule has 128 valence electrons. The minimum absolute atomic E-state index is 0.120. The van der Waals surface area contributed by atoms with Crippen molar-refractivity contribution in [2.75, 3.05) is 47.0 Å². The van der Waals surface area contributed by atoms with Crippen LogP contribution in [0.4, 0.5) is 5.69 Å². The third kappa shape index (κ3) is 5.55. The minimum atomic E-state index is -0.423. The third-order valence-corrected chi connectivity index (χ3v) is 2.62. The van der Waals surface area contributed by atoms with Crippen molar-refractivity contribution < 1.29 is 28.6 Å². The number of carbonyl (C=O) groups excluding carboxylic acids is 1. The van der Waals surface area contributed by atoms with E-state index in [1.807, 2.05) is 0 Å². The number of hydrogen-bond donors (Lipinski definition) is 2. The van der Waals surface area contributed by atoms with Gasteiger partial charge in [0.1, 0.15) is 6.61 Å². The maximum Gasteiger partial charge on any atom is 0.265 e. The molecule has 0 heterocycles. The fourth-order valence-corrected chi connectivity index (χ4v) is 1.70. The Kier molecular flexibility index (Phi) is 7.48. The van der Waals surface area contributed by atoms with Crippen molar-refractivity contribution in [3.8, 4) is 17.2 Å². The maximum atomic E-state index is 11.8. The summed E-state index contributed by atoms with van der Waals surface area (Å²) in [6.45, 7) is -0.185. The summed E-state index contributed by atoms with van der Waals surface area (Å²) in [7, 11) is 5.94. The molecule has 1 aromatic carbocycles. The van der Waals surface area contributed by atoms with E-state index in [2.05, 4.69) is 10.5 Å². The van der Waals surface area contributed by atoms with Crippen molar-refractivity contribution in [3.05, 3.63) is 12.1 Å². The summed E-state index contributed by atoms with van der Waals surface area (Å²) in [4.78, 5) is 16.6. The molecule has 1 rings (SSSR count). The predicted octanol–water partition coefficient (Wildman–Crippen LogP) is 0.586. The molecule has 0 bridgehead atoms. The van der Waals surface area contributed by atoms with Crippen LogP contribution in [0.3, 0.4) is 0 Å². The third-order valence-electron chi connectivity index (χ3n) is 2.62. The van der Waals surface area contributed by atoms with E-state index < -0.39 is 5.91 Å². The Morgan fingerprint density at radius 2 is 1.70 bits per heavy atom. The quantitative estimate of drug-likeness (QED) is 0.387. The lowest BCUT2D eigenvalue weighted by atomic mass is 10.2. The molecule has 0 saturated heterocycles. The number of amides is 1. The van der Waals surface area contributed by atoms with Crippen molar-refractivity contribution in [3.63, 3.8) is 0 Å². The van der Waals surface area contributed by atoms with Crippen molar-refractivity contribution >= 4 is 17.4 Å². The molecule has 0 radical (unpaired) electrons. The Bertz CT molecular complexity index is 536. The van der Waals surface area contributed by atoms with Gasteiger partial charge >= 0.3 is 0 Å². The zero-order valence-corrected chi connectivity index (χ0v) is 13.5. The predicted molar refractivity (Wildman–Crippen MR) is 84.2 cm³/mol. The zero-order chi connectivity index (χ0) is 17.2. The average molecular weight is 327 g/mol. The van der Waals surface area contributed by atoms with E-state index in [0.717, 1.165) is 0 Å². The van der Waals surface area contributed by atoms with E-state index in [9.17, 15) is 4.79 Å². The summed E-state index contributed by atoms with van der Waals surface area (Å²) in [6.07, 6.45) is 0. The van der Waals surface area contributed by atoms with Crippen LogP contribution in [0, 0.1) is 0 Å². The topological polar surface area (TPSA) is 114 Å². The van der Waals surface area contributed by atoms with Gasteiger partial charge in [-0.1, -0.05) is 5.16 Å². The van der Waals surface area contributed by atoms with Crippen LogP contribution >= 0.6 is 0 Å². The number of nitrogens with one attached hydrogen (secondary N) is 1. The first-order valence-electron chi connectivity index (χ1n) is 6.58. The van der Waals surface area contributed by atoms with Gasteiger partial charge in [-0.15, -0.1) is 0 Å². The molecule has 9 nitrogen and oxygen atoms in total. The summed E-state index contributed by atoms with van der Waals surface area (Å²) in [5.41, 5.74) is 5.91. The zero-order valence-electron chi connectivity index (χ0n) is 13.5. The molecule has 0 aliphatic rings. The number of nitrogens with zero attached hydrogens (tertiary/aromatic N) is 1. The number of ether oxygens (including phenoxy) is 4. The molecule has 1 aromatic rings. The van der Waals surface area contributed by atoms with Crippen molar-refractivity contribution in [2.45, 2.75) is 0 Å². The summed E-state index contributed by atoms with van der Waals surface area (Å²) in [5.74, 6) is 0.985. The monoisotopic (exact) mass is 327 g/mol. The SMILES string of the molecule is COC/C(N)=N\OCC(=O)Nc1cc(OC)c(OC)c(OC)c1. The van der Waals surface area contributed by atoms with Gasteiger partial charge < -0.3 is 34.8 Å². The van der Waals surface area contributed by atoms with Gasteiger partial charge in [0.2, 0.25) is 5.75 Å². The molecule has 3 N–H and O–H groups in total. The second-order valence-electron chi connectivity index (χ2n) is 4.25. The van der Waals surface area contributed by atoms with Gasteiger partial charge in [0, 0.05) is 24.9 Å². The van der Waals surface area contributed by atoms with Crippen LogP contribution in [0.15, 0.2) is 17.3 Å². The highest BCUT2D eigenvalue weighted by molar-refractivity contribution is 5.92. The highest BCUT2D eigenvalue weighted by Crippen LogP contribution is 2.39. The first-order valence-corrected chi connectivity index (χ1v) is 6.58. The Balaban J connectivity index is 2.73. The van der Waals surface area contributed by atoms with E-state index in [1.165, 1.54) is 28.4 Å². The fourth-order valence-electron chi connectivity index (χ4n) is 1.70. The molecular formula is C14H21N3O6. The van der Waals surface area contributed by atoms with Crippen LogP contribution in [-0.4, -0.2) is 53.4 Å². The molecule has 0 aliphatic carbocycles. The van der Waals surface area contributed by atoms with Crippen molar-refractivity contribution in [1.82, 2.24) is 0 Å². The van der Waals surface area contributed by atoms with Crippen LogP contribution in [0.2, 0.25) is 0 Å². The van der Waals surface area contributed by atoms with E-state index in [0.29, 0.717) is 22.9 Å².